The first-order valence-electron chi connectivity index (χ1n) is 10.9. The maximum atomic E-state index is 13.0. The Morgan fingerprint density at radius 2 is 1.90 bits per heavy atom. The number of benzene rings is 1. The second-order valence-electron chi connectivity index (χ2n) is 8.34. The van der Waals surface area contributed by atoms with Crippen LogP contribution in [-0.2, 0) is 20.9 Å². The number of primary amides is 1. The molecule has 0 radical (unpaired) electrons. The Labute approximate surface area is 187 Å². The van der Waals surface area contributed by atoms with E-state index in [-0.39, 0.29) is 30.9 Å². The molecule has 1 heterocycles. The van der Waals surface area contributed by atoms with E-state index >= 15 is 0 Å². The van der Waals surface area contributed by atoms with Gasteiger partial charge in [0, 0.05) is 23.7 Å². The molecule has 0 bridgehead atoms. The van der Waals surface area contributed by atoms with Crippen LogP contribution in [0.15, 0.2) is 18.2 Å². The Morgan fingerprint density at radius 1 is 1.16 bits per heavy atom. The van der Waals surface area contributed by atoms with E-state index in [1.165, 1.54) is 6.42 Å². The molecule has 8 nitrogen and oxygen atoms in total. The normalized spacial score (nSPS) is 20.3. The summed E-state index contributed by atoms with van der Waals surface area (Å²) in [6.07, 6.45) is 6.73. The maximum absolute atomic E-state index is 13.0. The van der Waals surface area contributed by atoms with Gasteiger partial charge in [-0.2, -0.15) is 0 Å². The number of halogens is 1. The highest BCUT2D eigenvalue weighted by atomic mass is 35.5. The van der Waals surface area contributed by atoms with Crippen LogP contribution in [0.4, 0.5) is 0 Å². The Balaban J connectivity index is 1.61. The fourth-order valence-electron chi connectivity index (χ4n) is 4.47. The summed E-state index contributed by atoms with van der Waals surface area (Å²) < 4.78 is 5.40. The smallest absolute Gasteiger partial charge is 0.255 e. The lowest BCUT2D eigenvalue weighted by molar-refractivity contribution is -0.140. The van der Waals surface area contributed by atoms with Gasteiger partial charge in [-0.3, -0.25) is 14.4 Å². The van der Waals surface area contributed by atoms with Crippen molar-refractivity contribution in [3.8, 4) is 5.75 Å². The molecule has 1 aliphatic heterocycles. The van der Waals surface area contributed by atoms with Gasteiger partial charge in [0.15, 0.2) is 6.61 Å². The summed E-state index contributed by atoms with van der Waals surface area (Å²) in [5.74, 6) is -0.344. The van der Waals surface area contributed by atoms with E-state index in [4.69, 9.17) is 27.8 Å². The van der Waals surface area contributed by atoms with Crippen LogP contribution < -0.4 is 21.5 Å². The molecule has 1 aliphatic carbocycles. The lowest BCUT2D eigenvalue weighted by atomic mass is 9.83. The molecule has 0 aromatic heterocycles. The van der Waals surface area contributed by atoms with E-state index in [9.17, 15) is 14.4 Å². The van der Waals surface area contributed by atoms with Crippen molar-refractivity contribution in [2.75, 3.05) is 13.2 Å². The summed E-state index contributed by atoms with van der Waals surface area (Å²) in [6.45, 7) is 0.425. The number of nitrogens with zero attached hydrogens (tertiary/aromatic N) is 1. The van der Waals surface area contributed by atoms with Crippen molar-refractivity contribution in [3.05, 3.63) is 28.8 Å². The summed E-state index contributed by atoms with van der Waals surface area (Å²) in [5, 5.41) is 3.35. The molecule has 2 atom stereocenters. The van der Waals surface area contributed by atoms with Crippen LogP contribution in [0.25, 0.3) is 0 Å². The zero-order chi connectivity index (χ0) is 22.4. The van der Waals surface area contributed by atoms with Gasteiger partial charge in [0.1, 0.15) is 11.8 Å². The molecule has 5 N–H and O–H groups in total. The highest BCUT2D eigenvalue weighted by molar-refractivity contribution is 6.30. The second-order valence-corrected chi connectivity index (χ2v) is 8.77. The molecule has 3 amide bonds. The average molecular weight is 451 g/mol. The van der Waals surface area contributed by atoms with E-state index in [0.717, 1.165) is 32.1 Å². The summed E-state index contributed by atoms with van der Waals surface area (Å²) >= 11 is 6.07. The predicted octanol–water partition coefficient (Wildman–Crippen LogP) is 1.72. The fraction of sp³-hybridized carbons (Fsp3) is 0.591. The number of likely N-dealkylation sites (tertiary alicyclic amines) is 1. The van der Waals surface area contributed by atoms with Gasteiger partial charge in [-0.1, -0.05) is 30.9 Å². The third-order valence-electron chi connectivity index (χ3n) is 6.13. The number of carbonyl (C=O) groups excluding carboxylic acids is 3. The van der Waals surface area contributed by atoms with Crippen molar-refractivity contribution in [3.63, 3.8) is 0 Å². The SMILES string of the molecule is NC(=O)COc1ccc(Cl)cc1CNC(=O)[C@@H]1CCCN1C(=O)[C@H](N)C1CCCCC1. The molecular formula is C22H31ClN4O4. The first-order valence-corrected chi connectivity index (χ1v) is 11.3. The molecule has 0 unspecified atom stereocenters. The van der Waals surface area contributed by atoms with Crippen LogP contribution in [0.1, 0.15) is 50.5 Å². The number of hydrogen-bond donors (Lipinski definition) is 3. The topological polar surface area (TPSA) is 128 Å². The largest absolute Gasteiger partial charge is 0.483 e. The monoisotopic (exact) mass is 450 g/mol. The minimum absolute atomic E-state index is 0.127. The first kappa shape index (κ1) is 23.3. The second kappa shape index (κ2) is 10.8. The number of rotatable bonds is 8. The number of amides is 3. The summed E-state index contributed by atoms with van der Waals surface area (Å²) in [4.78, 5) is 38.6. The van der Waals surface area contributed by atoms with E-state index in [1.54, 1.807) is 23.1 Å². The zero-order valence-electron chi connectivity index (χ0n) is 17.6. The molecule has 3 rings (SSSR count). The molecule has 9 heteroatoms. The number of nitrogens with one attached hydrogen (secondary N) is 1. The lowest BCUT2D eigenvalue weighted by Gasteiger charge is -2.32. The number of hydrogen-bond acceptors (Lipinski definition) is 5. The minimum Gasteiger partial charge on any atom is -0.483 e. The van der Waals surface area contributed by atoms with Gasteiger partial charge in [-0.05, 0) is 49.8 Å². The van der Waals surface area contributed by atoms with Crippen LogP contribution in [0, 0.1) is 5.92 Å². The lowest BCUT2D eigenvalue weighted by Crippen LogP contribution is -2.53. The Morgan fingerprint density at radius 3 is 2.61 bits per heavy atom. The van der Waals surface area contributed by atoms with Crippen LogP contribution in [0.3, 0.4) is 0 Å². The minimum atomic E-state index is -0.598. The summed E-state index contributed by atoms with van der Waals surface area (Å²) in [5.41, 5.74) is 12.1. The Kier molecular flexibility index (Phi) is 8.15. The van der Waals surface area contributed by atoms with Gasteiger partial charge in [0.05, 0.1) is 6.04 Å². The van der Waals surface area contributed by atoms with Crippen LogP contribution in [-0.4, -0.2) is 47.9 Å². The summed E-state index contributed by atoms with van der Waals surface area (Å²) in [7, 11) is 0. The molecule has 31 heavy (non-hydrogen) atoms. The molecular weight excluding hydrogens is 420 g/mol. The molecule has 170 valence electrons. The van der Waals surface area contributed by atoms with E-state index < -0.39 is 18.0 Å². The third kappa shape index (κ3) is 6.11. The maximum Gasteiger partial charge on any atom is 0.255 e. The van der Waals surface area contributed by atoms with Crippen molar-refractivity contribution in [2.24, 2.45) is 17.4 Å². The molecule has 1 aromatic rings. The standard InChI is InChI=1S/C22H31ClN4O4/c23-16-8-9-18(31-13-19(24)28)15(11-16)12-26-21(29)17-7-4-10-27(17)22(30)20(25)14-5-2-1-3-6-14/h8-9,11,14,17,20H,1-7,10,12-13,25H2,(H2,24,28)(H,26,29)/t17-,20+/m0/s1. The molecule has 2 aliphatic rings. The third-order valence-corrected chi connectivity index (χ3v) is 6.36. The predicted molar refractivity (Wildman–Crippen MR) is 117 cm³/mol. The van der Waals surface area contributed by atoms with Crippen molar-refractivity contribution in [1.82, 2.24) is 10.2 Å². The van der Waals surface area contributed by atoms with Crippen molar-refractivity contribution < 1.29 is 19.1 Å². The van der Waals surface area contributed by atoms with Gasteiger partial charge < -0.3 is 26.4 Å². The number of ether oxygens (including phenoxy) is 1. The van der Waals surface area contributed by atoms with E-state index in [0.29, 0.717) is 29.3 Å². The van der Waals surface area contributed by atoms with Crippen molar-refractivity contribution in [1.29, 1.82) is 0 Å². The van der Waals surface area contributed by atoms with Crippen LogP contribution >= 0.6 is 11.6 Å². The molecule has 1 saturated carbocycles. The van der Waals surface area contributed by atoms with Crippen molar-refractivity contribution in [2.45, 2.75) is 63.6 Å². The number of nitrogens with two attached hydrogens (primary N) is 2. The van der Waals surface area contributed by atoms with Gasteiger partial charge >= 0.3 is 0 Å². The van der Waals surface area contributed by atoms with Gasteiger partial charge in [-0.25, -0.2) is 0 Å². The fourth-order valence-corrected chi connectivity index (χ4v) is 4.66. The quantitative estimate of drug-likeness (QED) is 0.555. The summed E-state index contributed by atoms with van der Waals surface area (Å²) in [6, 6.07) is 3.84. The Hall–Kier alpha value is -2.32. The molecule has 1 aromatic carbocycles. The van der Waals surface area contributed by atoms with Gasteiger partial charge in [-0.15, -0.1) is 0 Å². The van der Waals surface area contributed by atoms with Crippen molar-refractivity contribution >= 4 is 29.3 Å². The van der Waals surface area contributed by atoms with Gasteiger partial charge in [0.2, 0.25) is 11.8 Å². The van der Waals surface area contributed by atoms with E-state index in [2.05, 4.69) is 5.32 Å². The molecule has 0 spiro atoms. The Bertz CT molecular complexity index is 813. The molecule has 2 fully saturated rings. The first-order chi connectivity index (χ1) is 14.9. The zero-order valence-corrected chi connectivity index (χ0v) is 18.4. The van der Waals surface area contributed by atoms with Gasteiger partial charge in [0.25, 0.3) is 5.91 Å². The molecule has 1 saturated heterocycles. The number of carbonyl (C=O) groups is 3. The average Bonchev–Trinajstić information content (AvgIpc) is 3.26. The highest BCUT2D eigenvalue weighted by Crippen LogP contribution is 2.28. The van der Waals surface area contributed by atoms with E-state index in [1.807, 2.05) is 0 Å². The highest BCUT2D eigenvalue weighted by Gasteiger charge is 2.38. The van der Waals surface area contributed by atoms with Crippen LogP contribution in [0.2, 0.25) is 5.02 Å². The van der Waals surface area contributed by atoms with Crippen LogP contribution in [0.5, 0.6) is 5.75 Å².